The van der Waals surface area contributed by atoms with Gasteiger partial charge < -0.3 is 15.8 Å². The van der Waals surface area contributed by atoms with Crippen LogP contribution in [-0.2, 0) is 16.1 Å². The first kappa shape index (κ1) is 20.9. The quantitative estimate of drug-likeness (QED) is 0.700. The Bertz CT molecular complexity index is 838. The lowest BCUT2D eigenvalue weighted by atomic mass is 10.1. The van der Waals surface area contributed by atoms with E-state index in [1.165, 1.54) is 18.3 Å². The molecule has 7 nitrogen and oxygen atoms in total. The van der Waals surface area contributed by atoms with Crippen molar-refractivity contribution < 1.29 is 18.7 Å². The molecule has 1 aromatic carbocycles. The fraction of sp³-hybridized carbons (Fsp3) is 0.389. The first-order valence-corrected chi connectivity index (χ1v) is 8.87. The van der Waals surface area contributed by atoms with Gasteiger partial charge in [-0.15, -0.1) is 0 Å². The summed E-state index contributed by atoms with van der Waals surface area (Å²) in [6.45, 7) is 5.67. The molecular formula is C18H22ClFN4O3. The van der Waals surface area contributed by atoms with Gasteiger partial charge in [-0.05, 0) is 39.0 Å². The second kappa shape index (κ2) is 8.96. The first-order valence-electron chi connectivity index (χ1n) is 8.49. The average Bonchev–Trinajstić information content (AvgIpc) is 2.98. The van der Waals surface area contributed by atoms with Crippen LogP contribution in [0.4, 0.5) is 4.39 Å². The third kappa shape index (κ3) is 5.27. The van der Waals surface area contributed by atoms with Crippen LogP contribution in [0.15, 0.2) is 24.4 Å². The van der Waals surface area contributed by atoms with Crippen LogP contribution in [0.25, 0.3) is 11.3 Å². The molecule has 0 aliphatic rings. The number of nitrogens with two attached hydrogens (primary N) is 1. The van der Waals surface area contributed by atoms with E-state index in [0.717, 1.165) is 6.07 Å². The van der Waals surface area contributed by atoms with Gasteiger partial charge in [0.1, 0.15) is 11.9 Å². The molecule has 0 fully saturated rings. The molecule has 146 valence electrons. The lowest BCUT2D eigenvalue weighted by Gasteiger charge is -2.15. The third-order valence-corrected chi connectivity index (χ3v) is 3.94. The molecule has 0 saturated carbocycles. The highest BCUT2D eigenvalue weighted by atomic mass is 35.5. The maximum atomic E-state index is 14.1. The predicted molar refractivity (Wildman–Crippen MR) is 99.8 cm³/mol. The molecular weight excluding hydrogens is 375 g/mol. The lowest BCUT2D eigenvalue weighted by Crippen LogP contribution is -2.44. The summed E-state index contributed by atoms with van der Waals surface area (Å²) >= 11 is 6.15. The highest BCUT2D eigenvalue weighted by Gasteiger charge is 2.19. The van der Waals surface area contributed by atoms with E-state index in [1.54, 1.807) is 18.5 Å². The van der Waals surface area contributed by atoms with Crippen molar-refractivity contribution in [3.63, 3.8) is 0 Å². The van der Waals surface area contributed by atoms with Crippen LogP contribution in [0.5, 0.6) is 0 Å². The topological polar surface area (TPSA) is 99.2 Å². The smallest absolute Gasteiger partial charge is 0.325 e. The standard InChI is InChI=1S/C18H22ClFN4O3/c1-4-24-16(14(19)8-23-24)11-5-12(7-13(20)6-11)17(25)22-9-15(21)18(26)27-10(2)3/h5-8,10,15H,4,9,21H2,1-3H3,(H,22,25)/t15-/m1/s1. The van der Waals surface area contributed by atoms with Crippen LogP contribution in [0, 0.1) is 5.82 Å². The van der Waals surface area contributed by atoms with Crippen molar-refractivity contribution in [3.05, 3.63) is 40.8 Å². The molecule has 1 heterocycles. The molecule has 27 heavy (non-hydrogen) atoms. The van der Waals surface area contributed by atoms with Crippen molar-refractivity contribution in [1.29, 1.82) is 0 Å². The fourth-order valence-electron chi connectivity index (χ4n) is 2.45. The van der Waals surface area contributed by atoms with Crippen LogP contribution >= 0.6 is 11.6 Å². The molecule has 3 N–H and O–H groups in total. The first-order chi connectivity index (χ1) is 12.7. The maximum Gasteiger partial charge on any atom is 0.325 e. The van der Waals surface area contributed by atoms with E-state index in [1.807, 2.05) is 6.92 Å². The van der Waals surface area contributed by atoms with E-state index in [4.69, 9.17) is 22.1 Å². The van der Waals surface area contributed by atoms with Gasteiger partial charge in [-0.1, -0.05) is 11.6 Å². The van der Waals surface area contributed by atoms with Crippen molar-refractivity contribution in [2.24, 2.45) is 5.73 Å². The van der Waals surface area contributed by atoms with Crippen molar-refractivity contribution in [2.75, 3.05) is 6.54 Å². The number of ether oxygens (including phenoxy) is 1. The molecule has 0 radical (unpaired) electrons. The minimum atomic E-state index is -1.01. The van der Waals surface area contributed by atoms with E-state index in [-0.39, 0.29) is 18.2 Å². The minimum Gasteiger partial charge on any atom is -0.462 e. The molecule has 0 aliphatic heterocycles. The van der Waals surface area contributed by atoms with E-state index < -0.39 is 23.7 Å². The van der Waals surface area contributed by atoms with Gasteiger partial charge in [0.15, 0.2) is 0 Å². The van der Waals surface area contributed by atoms with E-state index in [9.17, 15) is 14.0 Å². The summed E-state index contributed by atoms with van der Waals surface area (Å²) < 4.78 is 20.7. The molecule has 0 bridgehead atoms. The van der Waals surface area contributed by atoms with E-state index in [0.29, 0.717) is 22.8 Å². The Morgan fingerprint density at radius 1 is 1.37 bits per heavy atom. The fourth-order valence-corrected chi connectivity index (χ4v) is 2.70. The number of nitrogens with one attached hydrogen (secondary N) is 1. The minimum absolute atomic E-state index is 0.0781. The van der Waals surface area contributed by atoms with Gasteiger partial charge in [-0.3, -0.25) is 14.3 Å². The molecule has 2 aromatic rings. The average molecular weight is 397 g/mol. The van der Waals surface area contributed by atoms with Crippen molar-refractivity contribution in [3.8, 4) is 11.3 Å². The summed E-state index contributed by atoms with van der Waals surface area (Å²) in [4.78, 5) is 24.1. The number of amides is 1. The lowest BCUT2D eigenvalue weighted by molar-refractivity contribution is -0.148. The molecule has 0 unspecified atom stereocenters. The van der Waals surface area contributed by atoms with Crippen LogP contribution in [0.1, 0.15) is 31.1 Å². The van der Waals surface area contributed by atoms with Gasteiger partial charge in [0.2, 0.25) is 0 Å². The van der Waals surface area contributed by atoms with Crippen LogP contribution < -0.4 is 11.1 Å². The van der Waals surface area contributed by atoms with Crippen molar-refractivity contribution >= 4 is 23.5 Å². The molecule has 2 rings (SSSR count). The van der Waals surface area contributed by atoms with Crippen LogP contribution in [-0.4, -0.2) is 40.3 Å². The van der Waals surface area contributed by atoms with E-state index in [2.05, 4.69) is 10.4 Å². The Balaban J connectivity index is 2.17. The van der Waals surface area contributed by atoms with Gasteiger partial charge >= 0.3 is 5.97 Å². The highest BCUT2D eigenvalue weighted by molar-refractivity contribution is 6.33. The number of aromatic nitrogens is 2. The Morgan fingerprint density at radius 2 is 2.07 bits per heavy atom. The second-order valence-corrected chi connectivity index (χ2v) is 6.59. The normalized spacial score (nSPS) is 12.1. The van der Waals surface area contributed by atoms with Gasteiger partial charge in [-0.2, -0.15) is 5.10 Å². The molecule has 0 spiro atoms. The summed E-state index contributed by atoms with van der Waals surface area (Å²) in [6, 6.07) is 2.86. The predicted octanol–water partition coefficient (Wildman–Crippen LogP) is 2.37. The van der Waals surface area contributed by atoms with Crippen LogP contribution in [0.3, 0.4) is 0 Å². The summed E-state index contributed by atoms with van der Waals surface area (Å²) in [6.07, 6.45) is 1.16. The summed E-state index contributed by atoms with van der Waals surface area (Å²) in [5.74, 6) is -1.79. The SMILES string of the molecule is CCn1ncc(Cl)c1-c1cc(F)cc(C(=O)NC[C@@H](N)C(=O)OC(C)C)c1. The molecule has 1 atom stereocenters. The van der Waals surface area contributed by atoms with Gasteiger partial charge in [0.25, 0.3) is 5.91 Å². The maximum absolute atomic E-state index is 14.1. The third-order valence-electron chi connectivity index (χ3n) is 3.66. The monoisotopic (exact) mass is 396 g/mol. The second-order valence-electron chi connectivity index (χ2n) is 6.19. The number of rotatable bonds is 7. The van der Waals surface area contributed by atoms with E-state index >= 15 is 0 Å². The highest BCUT2D eigenvalue weighted by Crippen LogP contribution is 2.29. The number of benzene rings is 1. The summed E-state index contributed by atoms with van der Waals surface area (Å²) in [7, 11) is 0. The van der Waals surface area contributed by atoms with Gasteiger partial charge in [0, 0.05) is 24.2 Å². The number of hydrogen-bond donors (Lipinski definition) is 2. The van der Waals surface area contributed by atoms with Crippen LogP contribution in [0.2, 0.25) is 5.02 Å². The number of carbonyl (C=O) groups excluding carboxylic acids is 2. The Hall–Kier alpha value is -2.45. The largest absolute Gasteiger partial charge is 0.462 e. The van der Waals surface area contributed by atoms with Gasteiger partial charge in [-0.25, -0.2) is 4.39 Å². The molecule has 9 heteroatoms. The Morgan fingerprint density at radius 3 is 2.70 bits per heavy atom. The number of aryl methyl sites for hydroxylation is 1. The zero-order chi connectivity index (χ0) is 20.1. The zero-order valence-electron chi connectivity index (χ0n) is 15.3. The molecule has 1 amide bonds. The molecule has 1 aromatic heterocycles. The zero-order valence-corrected chi connectivity index (χ0v) is 16.1. The number of nitrogens with zero attached hydrogens (tertiary/aromatic N) is 2. The summed E-state index contributed by atoms with van der Waals surface area (Å²) in [5.41, 5.74) is 6.71. The molecule has 0 saturated heterocycles. The number of carbonyl (C=O) groups is 2. The number of halogens is 2. The molecule has 0 aliphatic carbocycles. The number of hydrogen-bond acceptors (Lipinski definition) is 5. The number of esters is 1. The summed E-state index contributed by atoms with van der Waals surface area (Å²) in [5, 5.41) is 6.97. The van der Waals surface area contributed by atoms with Crippen molar-refractivity contribution in [2.45, 2.75) is 39.5 Å². The Labute approximate surface area is 161 Å². The van der Waals surface area contributed by atoms with Crippen molar-refractivity contribution in [1.82, 2.24) is 15.1 Å². The Kier molecular flexibility index (Phi) is 6.92. The van der Waals surface area contributed by atoms with Gasteiger partial charge in [0.05, 0.1) is 23.0 Å².